The van der Waals surface area contributed by atoms with E-state index in [4.69, 9.17) is 16.3 Å². The molecule has 0 atom stereocenters. The third kappa shape index (κ3) is 3.80. The number of piperidine rings is 1. The van der Waals surface area contributed by atoms with Crippen molar-refractivity contribution in [1.29, 1.82) is 0 Å². The Kier molecular flexibility index (Phi) is 4.81. The van der Waals surface area contributed by atoms with E-state index in [-0.39, 0.29) is 6.09 Å². The zero-order valence-electron chi connectivity index (χ0n) is 13.3. The molecule has 1 amide bonds. The van der Waals surface area contributed by atoms with Gasteiger partial charge in [0, 0.05) is 18.1 Å². The highest BCUT2D eigenvalue weighted by atomic mass is 35.5. The van der Waals surface area contributed by atoms with Crippen LogP contribution >= 0.6 is 11.6 Å². The minimum absolute atomic E-state index is 0.321. The zero-order valence-corrected chi connectivity index (χ0v) is 14.0. The summed E-state index contributed by atoms with van der Waals surface area (Å²) in [6, 6.07) is 7.39. The van der Waals surface area contributed by atoms with E-state index >= 15 is 0 Å². The summed E-state index contributed by atoms with van der Waals surface area (Å²) in [6.07, 6.45) is 1.83. The molecule has 2 rings (SSSR count). The molecule has 0 radical (unpaired) electrons. The Hall–Kier alpha value is -1.55. The van der Waals surface area contributed by atoms with Crippen LogP contribution in [-0.2, 0) is 14.9 Å². The summed E-state index contributed by atoms with van der Waals surface area (Å²) in [7, 11) is 0. The second-order valence-electron chi connectivity index (χ2n) is 6.75. The first-order valence-corrected chi connectivity index (χ1v) is 7.84. The van der Waals surface area contributed by atoms with Gasteiger partial charge in [0.05, 0.1) is 5.41 Å². The summed E-state index contributed by atoms with van der Waals surface area (Å²) in [5.74, 6) is 0. The van der Waals surface area contributed by atoms with Crippen molar-refractivity contribution < 1.29 is 14.3 Å². The fourth-order valence-electron chi connectivity index (χ4n) is 2.69. The molecule has 5 heteroatoms. The zero-order chi connectivity index (χ0) is 16.4. The van der Waals surface area contributed by atoms with Crippen LogP contribution in [0.25, 0.3) is 0 Å². The van der Waals surface area contributed by atoms with Crippen molar-refractivity contribution in [3.05, 3.63) is 34.9 Å². The average Bonchev–Trinajstić information content (AvgIpc) is 2.45. The Bertz CT molecular complexity index is 557. The summed E-state index contributed by atoms with van der Waals surface area (Å²) in [6.45, 7) is 6.53. The molecule has 4 nitrogen and oxygen atoms in total. The lowest BCUT2D eigenvalue weighted by molar-refractivity contribution is -0.114. The van der Waals surface area contributed by atoms with Gasteiger partial charge in [-0.05, 0) is 51.3 Å². The minimum atomic E-state index is -0.566. The molecule has 1 saturated heterocycles. The van der Waals surface area contributed by atoms with E-state index in [1.54, 1.807) is 11.0 Å². The maximum absolute atomic E-state index is 12.1. The second kappa shape index (κ2) is 6.29. The first-order chi connectivity index (χ1) is 10.3. The van der Waals surface area contributed by atoms with Gasteiger partial charge in [-0.15, -0.1) is 0 Å². The molecule has 1 aliphatic heterocycles. The predicted molar refractivity (Wildman–Crippen MR) is 86.2 cm³/mol. The lowest BCUT2D eigenvalue weighted by atomic mass is 9.74. The fourth-order valence-corrected chi connectivity index (χ4v) is 2.88. The first kappa shape index (κ1) is 16.8. The lowest BCUT2D eigenvalue weighted by Gasteiger charge is -2.39. The Labute approximate surface area is 136 Å². The molecule has 1 aromatic carbocycles. The molecule has 0 aromatic heterocycles. The Morgan fingerprint density at radius 3 is 2.45 bits per heavy atom. The molecule has 0 aliphatic carbocycles. The third-order valence-electron chi connectivity index (χ3n) is 3.93. The number of carbonyl (C=O) groups excluding carboxylic acids is 2. The smallest absolute Gasteiger partial charge is 0.410 e. The molecule has 0 bridgehead atoms. The number of nitrogens with zero attached hydrogens (tertiary/aromatic N) is 1. The maximum Gasteiger partial charge on any atom is 0.410 e. The van der Waals surface area contributed by atoms with Gasteiger partial charge in [-0.25, -0.2) is 4.79 Å². The van der Waals surface area contributed by atoms with Crippen molar-refractivity contribution in [3.8, 4) is 0 Å². The molecule has 0 spiro atoms. The van der Waals surface area contributed by atoms with Gasteiger partial charge in [0.25, 0.3) is 0 Å². The van der Waals surface area contributed by atoms with Gasteiger partial charge >= 0.3 is 6.09 Å². The number of carbonyl (C=O) groups is 2. The molecule has 0 saturated carbocycles. The summed E-state index contributed by atoms with van der Waals surface area (Å²) < 4.78 is 5.38. The number of aldehydes is 1. The van der Waals surface area contributed by atoms with E-state index in [1.807, 2.05) is 39.0 Å². The minimum Gasteiger partial charge on any atom is -0.444 e. The monoisotopic (exact) mass is 323 g/mol. The van der Waals surface area contributed by atoms with Gasteiger partial charge in [0.1, 0.15) is 11.9 Å². The number of amides is 1. The summed E-state index contributed by atoms with van der Waals surface area (Å²) in [5, 5.41) is 0.619. The van der Waals surface area contributed by atoms with E-state index in [2.05, 4.69) is 0 Å². The standard InChI is InChI=1S/C17H22ClNO3/c1-16(2,3)22-15(21)19-9-7-17(12-20,8-10-19)13-5-4-6-14(18)11-13/h4-6,11-12H,7-10H2,1-3H3. The van der Waals surface area contributed by atoms with Crippen molar-refractivity contribution in [2.45, 2.75) is 44.6 Å². The Morgan fingerprint density at radius 2 is 1.95 bits per heavy atom. The summed E-state index contributed by atoms with van der Waals surface area (Å²) in [5.41, 5.74) is -0.161. The molecule has 120 valence electrons. The summed E-state index contributed by atoms with van der Waals surface area (Å²) in [4.78, 5) is 25.5. The van der Waals surface area contributed by atoms with Crippen LogP contribution < -0.4 is 0 Å². The summed E-state index contributed by atoms with van der Waals surface area (Å²) >= 11 is 6.03. The molecular formula is C17H22ClNO3. The Balaban J connectivity index is 2.09. The number of benzene rings is 1. The van der Waals surface area contributed by atoms with Crippen LogP contribution in [0.4, 0.5) is 4.79 Å². The van der Waals surface area contributed by atoms with E-state index in [0.717, 1.165) is 11.8 Å². The molecule has 1 aromatic rings. The highest BCUT2D eigenvalue weighted by Gasteiger charge is 2.38. The number of rotatable bonds is 2. The number of halogens is 1. The van der Waals surface area contributed by atoms with Crippen LogP contribution in [0, 0.1) is 0 Å². The Morgan fingerprint density at radius 1 is 1.32 bits per heavy atom. The van der Waals surface area contributed by atoms with Gasteiger partial charge in [-0.1, -0.05) is 23.7 Å². The number of likely N-dealkylation sites (tertiary alicyclic amines) is 1. The van der Waals surface area contributed by atoms with Crippen molar-refractivity contribution in [2.75, 3.05) is 13.1 Å². The van der Waals surface area contributed by atoms with Crippen molar-refractivity contribution in [1.82, 2.24) is 4.90 Å². The molecule has 0 N–H and O–H groups in total. The number of hydrogen-bond donors (Lipinski definition) is 0. The van der Waals surface area contributed by atoms with Gasteiger partial charge < -0.3 is 14.4 Å². The highest BCUT2D eigenvalue weighted by Crippen LogP contribution is 2.35. The van der Waals surface area contributed by atoms with E-state index < -0.39 is 11.0 Å². The van der Waals surface area contributed by atoms with Gasteiger partial charge in [-0.2, -0.15) is 0 Å². The molecular weight excluding hydrogens is 302 g/mol. The highest BCUT2D eigenvalue weighted by molar-refractivity contribution is 6.30. The van der Waals surface area contributed by atoms with E-state index in [0.29, 0.717) is 31.0 Å². The molecule has 0 unspecified atom stereocenters. The SMILES string of the molecule is CC(C)(C)OC(=O)N1CCC(C=O)(c2cccc(Cl)c2)CC1. The van der Waals surface area contributed by atoms with Gasteiger partial charge in [-0.3, -0.25) is 0 Å². The van der Waals surface area contributed by atoms with E-state index in [9.17, 15) is 9.59 Å². The molecule has 22 heavy (non-hydrogen) atoms. The third-order valence-corrected chi connectivity index (χ3v) is 4.17. The number of ether oxygens (including phenoxy) is 1. The van der Waals surface area contributed by atoms with Crippen LogP contribution in [0.2, 0.25) is 5.02 Å². The number of hydrogen-bond acceptors (Lipinski definition) is 3. The van der Waals surface area contributed by atoms with Crippen LogP contribution in [0.5, 0.6) is 0 Å². The van der Waals surface area contributed by atoms with Gasteiger partial charge in [0.15, 0.2) is 0 Å². The van der Waals surface area contributed by atoms with Crippen LogP contribution in [0.15, 0.2) is 24.3 Å². The predicted octanol–water partition coefficient (Wildman–Crippen LogP) is 3.81. The van der Waals surface area contributed by atoms with Crippen molar-refractivity contribution in [3.63, 3.8) is 0 Å². The molecule has 1 fully saturated rings. The largest absolute Gasteiger partial charge is 0.444 e. The van der Waals surface area contributed by atoms with Crippen LogP contribution in [-0.4, -0.2) is 36.0 Å². The maximum atomic E-state index is 12.1. The van der Waals surface area contributed by atoms with Crippen molar-refractivity contribution >= 4 is 24.0 Å². The van der Waals surface area contributed by atoms with Gasteiger partial charge in [0.2, 0.25) is 0 Å². The van der Waals surface area contributed by atoms with Crippen molar-refractivity contribution in [2.24, 2.45) is 0 Å². The second-order valence-corrected chi connectivity index (χ2v) is 7.19. The van der Waals surface area contributed by atoms with Crippen LogP contribution in [0.1, 0.15) is 39.2 Å². The topological polar surface area (TPSA) is 46.6 Å². The van der Waals surface area contributed by atoms with Crippen LogP contribution in [0.3, 0.4) is 0 Å². The molecule has 1 aliphatic rings. The quantitative estimate of drug-likeness (QED) is 0.777. The first-order valence-electron chi connectivity index (χ1n) is 7.46. The lowest BCUT2D eigenvalue weighted by Crippen LogP contribution is -2.47. The average molecular weight is 324 g/mol. The fraction of sp³-hybridized carbons (Fsp3) is 0.529. The normalized spacial score (nSPS) is 17.9. The molecule has 1 heterocycles. The van der Waals surface area contributed by atoms with E-state index in [1.165, 1.54) is 0 Å².